The Hall–Kier alpha value is -1.70. The number of nitrogens with two attached hydrogens (primary N) is 1. The normalized spacial score (nSPS) is 11.4. The third-order valence-corrected chi connectivity index (χ3v) is 2.06. The van der Waals surface area contributed by atoms with Gasteiger partial charge in [0, 0.05) is 17.6 Å². The van der Waals surface area contributed by atoms with E-state index in [2.05, 4.69) is 23.2 Å². The van der Waals surface area contributed by atoms with Crippen LogP contribution in [0.2, 0.25) is 0 Å². The third-order valence-electron chi connectivity index (χ3n) is 2.06. The predicted octanol–water partition coefficient (Wildman–Crippen LogP) is 2.18. The van der Waals surface area contributed by atoms with Gasteiger partial charge in [0.15, 0.2) is 0 Å². The topological polar surface area (TPSA) is 41.8 Å². The minimum absolute atomic E-state index is 0.866. The lowest BCUT2D eigenvalue weighted by atomic mass is 10.2. The highest BCUT2D eigenvalue weighted by molar-refractivity contribution is 5.80. The Balaban J connectivity index is 2.38. The number of aromatic amines is 1. The zero-order valence-electron chi connectivity index (χ0n) is 7.33. The summed E-state index contributed by atoms with van der Waals surface area (Å²) < 4.78 is 0. The second-order valence-electron chi connectivity index (χ2n) is 3.01. The van der Waals surface area contributed by atoms with Crippen LogP contribution in [0.1, 0.15) is 5.69 Å². The van der Waals surface area contributed by atoms with Gasteiger partial charge in [0.05, 0.1) is 0 Å². The van der Waals surface area contributed by atoms with E-state index in [4.69, 9.17) is 5.73 Å². The maximum absolute atomic E-state index is 5.28. The van der Waals surface area contributed by atoms with Gasteiger partial charge in [-0.2, -0.15) is 0 Å². The Bertz CT molecular complexity index is 393. The fourth-order valence-corrected chi connectivity index (χ4v) is 1.44. The molecule has 0 saturated heterocycles. The summed E-state index contributed by atoms with van der Waals surface area (Å²) in [5.74, 6) is 0. The van der Waals surface area contributed by atoms with Crippen molar-refractivity contribution in [2.24, 2.45) is 5.73 Å². The van der Waals surface area contributed by atoms with Crippen LogP contribution in [0.4, 0.5) is 0 Å². The summed E-state index contributed by atoms with van der Waals surface area (Å²) in [6.07, 6.45) is 4.38. The van der Waals surface area contributed by atoms with Gasteiger partial charge in [-0.25, -0.2) is 0 Å². The monoisotopic (exact) mass is 172 g/mol. The lowest BCUT2D eigenvalue weighted by Gasteiger charge is -1.87. The molecular formula is C11H12N2. The van der Waals surface area contributed by atoms with Gasteiger partial charge in [-0.15, -0.1) is 0 Å². The standard InChI is InChI=1S/C11H12N2/c12-7-3-5-10-8-9-4-1-2-6-11(9)13-10/h1-4,6-8,13H,5,12H2. The van der Waals surface area contributed by atoms with E-state index >= 15 is 0 Å². The van der Waals surface area contributed by atoms with Gasteiger partial charge < -0.3 is 10.7 Å². The molecule has 0 spiro atoms. The van der Waals surface area contributed by atoms with Gasteiger partial charge in [-0.05, 0) is 23.7 Å². The number of allylic oxidation sites excluding steroid dienone is 1. The molecule has 0 aliphatic heterocycles. The Morgan fingerprint density at radius 3 is 2.92 bits per heavy atom. The summed E-state index contributed by atoms with van der Waals surface area (Å²) in [7, 11) is 0. The average Bonchev–Trinajstić information content (AvgIpc) is 2.57. The molecule has 0 aliphatic carbocycles. The molecule has 2 heteroatoms. The molecule has 0 amide bonds. The second-order valence-corrected chi connectivity index (χ2v) is 3.01. The first kappa shape index (κ1) is 7.92. The van der Waals surface area contributed by atoms with Crippen LogP contribution in [0.25, 0.3) is 10.9 Å². The first-order chi connectivity index (χ1) is 6.40. The zero-order chi connectivity index (χ0) is 9.10. The lowest BCUT2D eigenvalue weighted by Crippen LogP contribution is -1.82. The zero-order valence-corrected chi connectivity index (χ0v) is 7.33. The number of hydrogen-bond acceptors (Lipinski definition) is 1. The highest BCUT2D eigenvalue weighted by Crippen LogP contribution is 2.14. The minimum Gasteiger partial charge on any atom is -0.405 e. The summed E-state index contributed by atoms with van der Waals surface area (Å²) >= 11 is 0. The quantitative estimate of drug-likeness (QED) is 0.716. The number of para-hydroxylation sites is 1. The fourth-order valence-electron chi connectivity index (χ4n) is 1.44. The molecule has 1 heterocycles. The van der Waals surface area contributed by atoms with Crippen LogP contribution in [-0.2, 0) is 6.42 Å². The first-order valence-electron chi connectivity index (χ1n) is 4.33. The van der Waals surface area contributed by atoms with Gasteiger partial charge in [0.2, 0.25) is 0 Å². The average molecular weight is 172 g/mol. The molecule has 0 aliphatic rings. The van der Waals surface area contributed by atoms with Crippen molar-refractivity contribution in [1.29, 1.82) is 0 Å². The van der Waals surface area contributed by atoms with Crippen LogP contribution in [0, 0.1) is 0 Å². The second kappa shape index (κ2) is 3.35. The summed E-state index contributed by atoms with van der Waals surface area (Å²) in [5.41, 5.74) is 7.66. The number of fused-ring (bicyclic) bond motifs is 1. The van der Waals surface area contributed by atoms with Crippen LogP contribution in [0.5, 0.6) is 0 Å². The fraction of sp³-hybridized carbons (Fsp3) is 0.0909. The Labute approximate surface area is 77.1 Å². The van der Waals surface area contributed by atoms with E-state index in [0.717, 1.165) is 6.42 Å². The molecule has 1 aromatic carbocycles. The number of aromatic nitrogens is 1. The summed E-state index contributed by atoms with van der Waals surface area (Å²) in [4.78, 5) is 3.32. The van der Waals surface area contributed by atoms with Crippen molar-refractivity contribution in [3.8, 4) is 0 Å². The summed E-state index contributed by atoms with van der Waals surface area (Å²) in [6, 6.07) is 10.4. The maximum Gasteiger partial charge on any atom is 0.0456 e. The Kier molecular flexibility index (Phi) is 2.04. The van der Waals surface area contributed by atoms with Crippen molar-refractivity contribution in [3.63, 3.8) is 0 Å². The van der Waals surface area contributed by atoms with E-state index in [0.29, 0.717) is 0 Å². The minimum atomic E-state index is 0.866. The molecule has 13 heavy (non-hydrogen) atoms. The van der Waals surface area contributed by atoms with Gasteiger partial charge in [-0.1, -0.05) is 24.3 Å². The smallest absolute Gasteiger partial charge is 0.0456 e. The number of rotatable bonds is 2. The van der Waals surface area contributed by atoms with Gasteiger partial charge in [0.25, 0.3) is 0 Å². The highest BCUT2D eigenvalue weighted by atomic mass is 14.7. The first-order valence-corrected chi connectivity index (χ1v) is 4.33. The van der Waals surface area contributed by atoms with E-state index in [1.54, 1.807) is 6.20 Å². The van der Waals surface area contributed by atoms with E-state index in [1.165, 1.54) is 16.6 Å². The Morgan fingerprint density at radius 1 is 1.31 bits per heavy atom. The molecule has 2 aromatic rings. The largest absolute Gasteiger partial charge is 0.405 e. The molecule has 66 valence electrons. The molecule has 0 atom stereocenters. The number of hydrogen-bond donors (Lipinski definition) is 2. The van der Waals surface area contributed by atoms with Gasteiger partial charge >= 0.3 is 0 Å². The molecule has 2 rings (SSSR count). The molecule has 0 bridgehead atoms. The van der Waals surface area contributed by atoms with Crippen LogP contribution in [0.3, 0.4) is 0 Å². The molecule has 3 N–H and O–H groups in total. The molecule has 0 radical (unpaired) electrons. The SMILES string of the molecule is NC=CCc1cc2ccccc2[nH]1. The van der Waals surface area contributed by atoms with Crippen LogP contribution >= 0.6 is 0 Å². The number of H-pyrrole nitrogens is 1. The molecule has 0 unspecified atom stereocenters. The van der Waals surface area contributed by atoms with Crippen LogP contribution < -0.4 is 5.73 Å². The van der Waals surface area contributed by atoms with Crippen LogP contribution in [-0.4, -0.2) is 4.98 Å². The van der Waals surface area contributed by atoms with Crippen molar-refractivity contribution >= 4 is 10.9 Å². The third kappa shape index (κ3) is 1.56. The van der Waals surface area contributed by atoms with Crippen LogP contribution in [0.15, 0.2) is 42.6 Å². The molecule has 2 nitrogen and oxygen atoms in total. The van der Waals surface area contributed by atoms with E-state index in [-0.39, 0.29) is 0 Å². The van der Waals surface area contributed by atoms with Crippen molar-refractivity contribution in [2.75, 3.05) is 0 Å². The van der Waals surface area contributed by atoms with Gasteiger partial charge in [-0.3, -0.25) is 0 Å². The van der Waals surface area contributed by atoms with Crippen molar-refractivity contribution in [2.45, 2.75) is 6.42 Å². The predicted molar refractivity (Wildman–Crippen MR) is 55.3 cm³/mol. The van der Waals surface area contributed by atoms with Crippen molar-refractivity contribution in [1.82, 2.24) is 4.98 Å². The summed E-state index contributed by atoms with van der Waals surface area (Å²) in [5, 5.41) is 1.25. The van der Waals surface area contributed by atoms with E-state index in [1.807, 2.05) is 18.2 Å². The number of nitrogens with one attached hydrogen (secondary N) is 1. The number of benzene rings is 1. The molecule has 1 aromatic heterocycles. The molecule has 0 fully saturated rings. The molecular weight excluding hydrogens is 160 g/mol. The summed E-state index contributed by atoms with van der Waals surface area (Å²) in [6.45, 7) is 0. The van der Waals surface area contributed by atoms with Crippen molar-refractivity contribution in [3.05, 3.63) is 48.3 Å². The highest BCUT2D eigenvalue weighted by Gasteiger charge is 1.96. The van der Waals surface area contributed by atoms with Gasteiger partial charge in [0.1, 0.15) is 0 Å². The lowest BCUT2D eigenvalue weighted by molar-refractivity contribution is 1.16. The van der Waals surface area contributed by atoms with E-state index in [9.17, 15) is 0 Å². The molecule has 0 saturated carbocycles. The van der Waals surface area contributed by atoms with Crippen molar-refractivity contribution < 1.29 is 0 Å². The Morgan fingerprint density at radius 2 is 2.15 bits per heavy atom. The van der Waals surface area contributed by atoms with E-state index < -0.39 is 0 Å². The maximum atomic E-state index is 5.28.